The highest BCUT2D eigenvalue weighted by atomic mass is 16.1. The van der Waals surface area contributed by atoms with Crippen LogP contribution in [-0.2, 0) is 11.3 Å². The van der Waals surface area contributed by atoms with Gasteiger partial charge in [-0.2, -0.15) is 0 Å². The minimum absolute atomic E-state index is 0.306. The van der Waals surface area contributed by atoms with E-state index in [1.165, 1.54) is 0 Å². The number of rotatable bonds is 2. The minimum atomic E-state index is 0.306. The summed E-state index contributed by atoms with van der Waals surface area (Å²) in [6.07, 6.45) is 4.23. The predicted molar refractivity (Wildman–Crippen MR) is 39.8 cm³/mol. The Balaban J connectivity index is 3.13. The molecule has 0 aliphatic rings. The van der Waals surface area contributed by atoms with E-state index in [1.54, 1.807) is 30.1 Å². The van der Waals surface area contributed by atoms with Gasteiger partial charge in [-0.1, -0.05) is 0 Å². The Morgan fingerprint density at radius 3 is 3.27 bits per heavy atom. The molecule has 0 amide bonds. The largest absolute Gasteiger partial charge is 0.310 e. The SMILES string of the molecule is CN=c1ncccn1CC=O. The average Bonchev–Trinajstić information content (AvgIpc) is 2.06. The molecule has 0 spiro atoms. The van der Waals surface area contributed by atoms with Crippen molar-refractivity contribution < 1.29 is 4.79 Å². The second kappa shape index (κ2) is 3.65. The third-order valence-corrected chi connectivity index (χ3v) is 1.27. The summed E-state index contributed by atoms with van der Waals surface area (Å²) in [5.74, 6) is 0. The first-order valence-corrected chi connectivity index (χ1v) is 3.26. The summed E-state index contributed by atoms with van der Waals surface area (Å²) in [6, 6.07) is 1.76. The summed E-state index contributed by atoms with van der Waals surface area (Å²) in [7, 11) is 1.64. The van der Waals surface area contributed by atoms with Crippen molar-refractivity contribution in [3.8, 4) is 0 Å². The van der Waals surface area contributed by atoms with Crippen LogP contribution < -0.4 is 5.62 Å². The standard InChI is InChI=1S/C7H9N3O/c1-8-7-9-3-2-4-10(7)5-6-11/h2-4,6H,5H2,1H3. The van der Waals surface area contributed by atoms with Gasteiger partial charge in [-0.25, -0.2) is 4.98 Å². The Hall–Kier alpha value is -1.45. The number of carbonyl (C=O) groups excluding carboxylic acids is 1. The molecule has 11 heavy (non-hydrogen) atoms. The summed E-state index contributed by atoms with van der Waals surface area (Å²) in [5, 5.41) is 0. The van der Waals surface area contributed by atoms with Crippen LogP contribution in [0.25, 0.3) is 0 Å². The number of hydrogen-bond donors (Lipinski definition) is 0. The van der Waals surface area contributed by atoms with Crippen molar-refractivity contribution in [1.82, 2.24) is 9.55 Å². The summed E-state index contributed by atoms with van der Waals surface area (Å²) in [5.41, 5.74) is 0.569. The van der Waals surface area contributed by atoms with Gasteiger partial charge in [-0.3, -0.25) is 4.99 Å². The zero-order chi connectivity index (χ0) is 8.10. The van der Waals surface area contributed by atoms with Gasteiger partial charge in [0.2, 0.25) is 5.62 Å². The van der Waals surface area contributed by atoms with E-state index in [2.05, 4.69) is 9.98 Å². The Bertz CT molecular complexity index is 303. The lowest BCUT2D eigenvalue weighted by Crippen LogP contribution is -2.23. The van der Waals surface area contributed by atoms with Gasteiger partial charge >= 0.3 is 0 Å². The quantitative estimate of drug-likeness (QED) is 0.540. The molecule has 1 rings (SSSR count). The van der Waals surface area contributed by atoms with Gasteiger partial charge in [-0.15, -0.1) is 0 Å². The average molecular weight is 151 g/mol. The Morgan fingerprint density at radius 2 is 2.64 bits per heavy atom. The van der Waals surface area contributed by atoms with Crippen LogP contribution in [0.3, 0.4) is 0 Å². The summed E-state index contributed by atoms with van der Waals surface area (Å²) >= 11 is 0. The summed E-state index contributed by atoms with van der Waals surface area (Å²) in [4.78, 5) is 18.0. The van der Waals surface area contributed by atoms with Crippen LogP contribution in [-0.4, -0.2) is 22.9 Å². The van der Waals surface area contributed by atoms with Crippen LogP contribution in [0.5, 0.6) is 0 Å². The van der Waals surface area contributed by atoms with Crippen molar-refractivity contribution in [2.24, 2.45) is 4.99 Å². The molecule has 1 aromatic rings. The molecule has 0 saturated heterocycles. The molecule has 0 bridgehead atoms. The molecule has 58 valence electrons. The first kappa shape index (κ1) is 7.65. The van der Waals surface area contributed by atoms with Crippen LogP contribution in [0.1, 0.15) is 0 Å². The van der Waals surface area contributed by atoms with Gasteiger partial charge in [0.25, 0.3) is 0 Å². The second-order valence-corrected chi connectivity index (χ2v) is 1.96. The zero-order valence-electron chi connectivity index (χ0n) is 6.27. The molecular formula is C7H9N3O. The molecule has 0 saturated carbocycles. The van der Waals surface area contributed by atoms with E-state index < -0.39 is 0 Å². The maximum Gasteiger partial charge on any atom is 0.224 e. The molecule has 0 radical (unpaired) electrons. The van der Waals surface area contributed by atoms with Crippen molar-refractivity contribution in [1.29, 1.82) is 0 Å². The Labute approximate surface area is 64.2 Å². The summed E-state index contributed by atoms with van der Waals surface area (Å²) in [6.45, 7) is 0.306. The molecule has 0 atom stereocenters. The number of aromatic nitrogens is 2. The van der Waals surface area contributed by atoms with Gasteiger partial charge < -0.3 is 9.36 Å². The fourth-order valence-corrected chi connectivity index (χ4v) is 0.802. The van der Waals surface area contributed by atoms with Crippen molar-refractivity contribution in [3.05, 3.63) is 24.1 Å². The van der Waals surface area contributed by atoms with Crippen LogP contribution in [0.15, 0.2) is 23.5 Å². The van der Waals surface area contributed by atoms with Gasteiger partial charge in [0, 0.05) is 19.4 Å². The Morgan fingerprint density at radius 1 is 1.82 bits per heavy atom. The molecular weight excluding hydrogens is 142 g/mol. The molecule has 0 aliphatic heterocycles. The number of carbonyl (C=O) groups is 1. The predicted octanol–water partition coefficient (Wildman–Crippen LogP) is -0.388. The van der Waals surface area contributed by atoms with E-state index in [-0.39, 0.29) is 0 Å². The molecule has 0 aromatic carbocycles. The summed E-state index contributed by atoms with van der Waals surface area (Å²) < 4.78 is 1.67. The fourth-order valence-electron chi connectivity index (χ4n) is 0.802. The lowest BCUT2D eigenvalue weighted by Gasteiger charge is -1.98. The lowest BCUT2D eigenvalue weighted by molar-refractivity contribution is -0.108. The van der Waals surface area contributed by atoms with E-state index in [4.69, 9.17) is 0 Å². The van der Waals surface area contributed by atoms with Crippen molar-refractivity contribution in [2.75, 3.05) is 7.05 Å². The first-order chi connectivity index (χ1) is 5.38. The van der Waals surface area contributed by atoms with Crippen molar-refractivity contribution in [3.63, 3.8) is 0 Å². The number of aldehydes is 1. The third kappa shape index (κ3) is 1.73. The van der Waals surface area contributed by atoms with Gasteiger partial charge in [0.05, 0.1) is 6.54 Å². The molecule has 4 heteroatoms. The number of nitrogens with zero attached hydrogens (tertiary/aromatic N) is 3. The van der Waals surface area contributed by atoms with E-state index in [1.807, 2.05) is 0 Å². The van der Waals surface area contributed by atoms with Crippen LogP contribution in [0, 0.1) is 0 Å². The molecule has 0 N–H and O–H groups in total. The highest BCUT2D eigenvalue weighted by Gasteiger charge is 1.88. The fraction of sp³-hybridized carbons (Fsp3) is 0.286. The molecule has 0 unspecified atom stereocenters. The first-order valence-electron chi connectivity index (χ1n) is 3.26. The van der Waals surface area contributed by atoms with Crippen LogP contribution in [0.2, 0.25) is 0 Å². The van der Waals surface area contributed by atoms with Gasteiger partial charge in [-0.05, 0) is 6.07 Å². The van der Waals surface area contributed by atoms with Gasteiger partial charge in [0.1, 0.15) is 6.29 Å². The lowest BCUT2D eigenvalue weighted by atomic mass is 10.6. The van der Waals surface area contributed by atoms with Gasteiger partial charge in [0.15, 0.2) is 0 Å². The monoisotopic (exact) mass is 151 g/mol. The molecule has 1 aromatic heterocycles. The molecule has 0 aliphatic carbocycles. The molecule has 1 heterocycles. The van der Waals surface area contributed by atoms with Crippen LogP contribution in [0.4, 0.5) is 0 Å². The van der Waals surface area contributed by atoms with E-state index in [0.29, 0.717) is 12.2 Å². The Kier molecular flexibility index (Phi) is 2.54. The normalized spacial score (nSPS) is 11.5. The third-order valence-electron chi connectivity index (χ3n) is 1.27. The maximum absolute atomic E-state index is 10.2. The zero-order valence-corrected chi connectivity index (χ0v) is 6.27. The van der Waals surface area contributed by atoms with E-state index in [0.717, 1.165) is 6.29 Å². The smallest absolute Gasteiger partial charge is 0.224 e. The highest BCUT2D eigenvalue weighted by molar-refractivity contribution is 5.48. The van der Waals surface area contributed by atoms with E-state index in [9.17, 15) is 4.79 Å². The van der Waals surface area contributed by atoms with Crippen LogP contribution >= 0.6 is 0 Å². The topological polar surface area (TPSA) is 47.2 Å². The number of hydrogen-bond acceptors (Lipinski definition) is 3. The molecule has 0 fully saturated rings. The maximum atomic E-state index is 10.2. The second-order valence-electron chi connectivity index (χ2n) is 1.96. The van der Waals surface area contributed by atoms with E-state index >= 15 is 0 Å². The van der Waals surface area contributed by atoms with Crippen molar-refractivity contribution >= 4 is 6.29 Å². The minimum Gasteiger partial charge on any atom is -0.310 e. The molecule has 4 nitrogen and oxygen atoms in total. The highest BCUT2D eigenvalue weighted by Crippen LogP contribution is 1.75. The van der Waals surface area contributed by atoms with Crippen molar-refractivity contribution in [2.45, 2.75) is 6.54 Å².